The third kappa shape index (κ3) is 5.41. The van der Waals surface area contributed by atoms with E-state index >= 15 is 0 Å². The molecule has 2 aromatic heterocycles. The fourth-order valence-electron chi connectivity index (χ4n) is 4.19. The number of nitrogens with zero attached hydrogens (tertiary/aromatic N) is 4. The van der Waals surface area contributed by atoms with Crippen LogP contribution in [0.2, 0.25) is 0 Å². The summed E-state index contributed by atoms with van der Waals surface area (Å²) in [5.74, 6) is 2.28. The first-order chi connectivity index (χ1) is 16.6. The van der Waals surface area contributed by atoms with Crippen LogP contribution in [0.3, 0.4) is 0 Å². The summed E-state index contributed by atoms with van der Waals surface area (Å²) >= 11 is 2.26. The molecule has 4 rings (SSSR count). The number of fused-ring (bicyclic) bond motifs is 1. The predicted octanol–water partition coefficient (Wildman–Crippen LogP) is 5.24. The van der Waals surface area contributed by atoms with Gasteiger partial charge in [-0.05, 0) is 74.4 Å². The average molecular weight is 593 g/mol. The summed E-state index contributed by atoms with van der Waals surface area (Å²) in [6.45, 7) is 6.19. The third-order valence-corrected chi connectivity index (χ3v) is 6.94. The SMILES string of the molecule is COc1ccc(CNc2nccc3c2c(I)nn3C2CC(N(C)C(=O)OC(C)(C)C)C2)c(OC)c1. The number of benzene rings is 1. The van der Waals surface area contributed by atoms with Crippen LogP contribution in [0.5, 0.6) is 11.5 Å². The fraction of sp³-hybridized carbons (Fsp3) is 0.480. The lowest BCUT2D eigenvalue weighted by Gasteiger charge is -2.41. The van der Waals surface area contributed by atoms with Gasteiger partial charge in [-0.15, -0.1) is 0 Å². The van der Waals surface area contributed by atoms with Gasteiger partial charge < -0.3 is 24.4 Å². The third-order valence-electron chi connectivity index (χ3n) is 6.18. The summed E-state index contributed by atoms with van der Waals surface area (Å²) in [6, 6.07) is 8.11. The first-order valence-corrected chi connectivity index (χ1v) is 12.6. The van der Waals surface area contributed by atoms with Crippen LogP contribution in [0.4, 0.5) is 10.6 Å². The molecule has 0 saturated heterocycles. The normalized spacial score (nSPS) is 17.6. The smallest absolute Gasteiger partial charge is 0.410 e. The van der Waals surface area contributed by atoms with Crippen molar-refractivity contribution in [2.24, 2.45) is 0 Å². The molecule has 188 valence electrons. The standard InChI is InChI=1S/C25H32IN5O4/c1-25(2,3)35-24(32)30(4)16-11-17(12-16)31-19-9-10-27-23(21(19)22(26)29-31)28-14-15-7-8-18(33-5)13-20(15)34-6/h7-10,13,16-17H,11-12,14H2,1-6H3,(H,27,28). The van der Waals surface area contributed by atoms with Gasteiger partial charge in [-0.25, -0.2) is 9.78 Å². The van der Waals surface area contributed by atoms with Crippen molar-refractivity contribution in [3.63, 3.8) is 0 Å². The fourth-order valence-corrected chi connectivity index (χ4v) is 4.96. The number of anilines is 1. The number of nitrogens with one attached hydrogen (secondary N) is 1. The van der Waals surface area contributed by atoms with E-state index in [1.807, 2.05) is 45.0 Å². The zero-order valence-corrected chi connectivity index (χ0v) is 23.1. The summed E-state index contributed by atoms with van der Waals surface area (Å²) in [5, 5.41) is 9.27. The van der Waals surface area contributed by atoms with Crippen LogP contribution in [-0.4, -0.2) is 58.7 Å². The van der Waals surface area contributed by atoms with Crippen LogP contribution in [0.15, 0.2) is 30.5 Å². The molecule has 9 nitrogen and oxygen atoms in total. The van der Waals surface area contributed by atoms with Crippen molar-refractivity contribution in [3.05, 3.63) is 39.7 Å². The average Bonchev–Trinajstić information content (AvgIpc) is 3.12. The zero-order valence-electron chi connectivity index (χ0n) is 21.0. The Bertz CT molecular complexity index is 1220. The summed E-state index contributed by atoms with van der Waals surface area (Å²) in [4.78, 5) is 18.7. The Balaban J connectivity index is 1.48. The summed E-state index contributed by atoms with van der Waals surface area (Å²) in [7, 11) is 5.09. The molecule has 0 unspecified atom stereocenters. The maximum Gasteiger partial charge on any atom is 0.410 e. The number of amides is 1. The van der Waals surface area contributed by atoms with Crippen molar-refractivity contribution >= 4 is 45.4 Å². The Kier molecular flexibility index (Phi) is 7.30. The van der Waals surface area contributed by atoms with Gasteiger partial charge in [-0.1, -0.05) is 0 Å². The second kappa shape index (κ2) is 10.1. The number of halogens is 1. The summed E-state index contributed by atoms with van der Waals surface area (Å²) < 4.78 is 19.3. The topological polar surface area (TPSA) is 90.7 Å². The van der Waals surface area contributed by atoms with E-state index in [0.29, 0.717) is 6.54 Å². The first-order valence-electron chi connectivity index (χ1n) is 11.5. The lowest BCUT2D eigenvalue weighted by Crippen LogP contribution is -2.48. The molecule has 3 aromatic rings. The number of carbonyl (C=O) groups is 1. The van der Waals surface area contributed by atoms with E-state index in [2.05, 4.69) is 37.6 Å². The van der Waals surface area contributed by atoms with Gasteiger partial charge >= 0.3 is 6.09 Å². The molecule has 1 N–H and O–H groups in total. The van der Waals surface area contributed by atoms with Crippen LogP contribution in [0.25, 0.3) is 10.9 Å². The highest BCUT2D eigenvalue weighted by atomic mass is 127. The number of carbonyl (C=O) groups excluding carboxylic acids is 1. The van der Waals surface area contributed by atoms with E-state index in [4.69, 9.17) is 19.3 Å². The molecule has 1 aromatic carbocycles. The van der Waals surface area contributed by atoms with Crippen molar-refractivity contribution in [2.75, 3.05) is 26.6 Å². The van der Waals surface area contributed by atoms with Crippen molar-refractivity contribution in [1.29, 1.82) is 0 Å². The Morgan fingerprint density at radius 2 is 1.97 bits per heavy atom. The van der Waals surface area contributed by atoms with Gasteiger partial charge in [0.05, 0.1) is 31.2 Å². The highest BCUT2D eigenvalue weighted by Crippen LogP contribution is 2.39. The largest absolute Gasteiger partial charge is 0.497 e. The molecule has 10 heteroatoms. The molecule has 35 heavy (non-hydrogen) atoms. The molecule has 2 heterocycles. The maximum absolute atomic E-state index is 12.4. The summed E-state index contributed by atoms with van der Waals surface area (Å²) in [6.07, 6.45) is 3.17. The highest BCUT2D eigenvalue weighted by Gasteiger charge is 2.38. The van der Waals surface area contributed by atoms with E-state index in [1.165, 1.54) is 0 Å². The van der Waals surface area contributed by atoms with Gasteiger partial charge in [0.25, 0.3) is 0 Å². The monoisotopic (exact) mass is 593 g/mol. The van der Waals surface area contributed by atoms with Crippen molar-refractivity contribution in [1.82, 2.24) is 19.7 Å². The van der Waals surface area contributed by atoms with Gasteiger partial charge in [0.2, 0.25) is 0 Å². The molecule has 0 radical (unpaired) electrons. The van der Waals surface area contributed by atoms with Gasteiger partial charge in [0.15, 0.2) is 0 Å². The van der Waals surface area contributed by atoms with Crippen LogP contribution >= 0.6 is 22.6 Å². The van der Waals surface area contributed by atoms with Crippen molar-refractivity contribution in [2.45, 2.75) is 57.8 Å². The van der Waals surface area contributed by atoms with E-state index < -0.39 is 5.60 Å². The Labute approximate surface area is 219 Å². The van der Waals surface area contributed by atoms with E-state index in [0.717, 1.165) is 50.3 Å². The van der Waals surface area contributed by atoms with Gasteiger partial charge in [0, 0.05) is 37.5 Å². The second-order valence-electron chi connectivity index (χ2n) is 9.69. The molecule has 1 fully saturated rings. The van der Waals surface area contributed by atoms with Crippen LogP contribution in [0, 0.1) is 3.70 Å². The molecule has 0 spiro atoms. The van der Waals surface area contributed by atoms with E-state index in [1.54, 1.807) is 32.4 Å². The number of ether oxygens (including phenoxy) is 3. The number of hydrogen-bond acceptors (Lipinski definition) is 7. The Morgan fingerprint density at radius 1 is 1.23 bits per heavy atom. The molecule has 1 aliphatic carbocycles. The molecule has 1 amide bonds. The molecule has 1 saturated carbocycles. The zero-order chi connectivity index (χ0) is 25.3. The van der Waals surface area contributed by atoms with E-state index in [-0.39, 0.29) is 18.2 Å². The number of hydrogen-bond donors (Lipinski definition) is 1. The predicted molar refractivity (Wildman–Crippen MR) is 143 cm³/mol. The molecule has 0 atom stereocenters. The second-order valence-corrected chi connectivity index (χ2v) is 10.7. The number of rotatable bonds is 7. The molecular formula is C25H32IN5O4. The minimum Gasteiger partial charge on any atom is -0.497 e. The Hall–Kier alpha value is -2.76. The van der Waals surface area contributed by atoms with Gasteiger partial charge in [-0.2, -0.15) is 5.10 Å². The quantitative estimate of drug-likeness (QED) is 0.375. The first kappa shape index (κ1) is 25.3. The van der Waals surface area contributed by atoms with Crippen LogP contribution in [-0.2, 0) is 11.3 Å². The maximum atomic E-state index is 12.4. The summed E-state index contributed by atoms with van der Waals surface area (Å²) in [5.41, 5.74) is 1.52. The molecule has 1 aliphatic rings. The number of aromatic nitrogens is 3. The highest BCUT2D eigenvalue weighted by molar-refractivity contribution is 14.1. The Morgan fingerprint density at radius 3 is 2.63 bits per heavy atom. The lowest BCUT2D eigenvalue weighted by molar-refractivity contribution is 0.00720. The van der Waals surface area contributed by atoms with Gasteiger partial charge in [0.1, 0.15) is 26.6 Å². The van der Waals surface area contributed by atoms with Crippen molar-refractivity contribution in [3.8, 4) is 11.5 Å². The molecule has 0 aliphatic heterocycles. The molecular weight excluding hydrogens is 561 g/mol. The minimum atomic E-state index is -0.505. The minimum absolute atomic E-state index is 0.133. The van der Waals surface area contributed by atoms with E-state index in [9.17, 15) is 4.79 Å². The molecule has 0 bridgehead atoms. The lowest BCUT2D eigenvalue weighted by atomic mass is 9.86. The van der Waals surface area contributed by atoms with Crippen LogP contribution < -0.4 is 14.8 Å². The van der Waals surface area contributed by atoms with Gasteiger partial charge in [-0.3, -0.25) is 4.68 Å². The van der Waals surface area contributed by atoms with Crippen molar-refractivity contribution < 1.29 is 19.0 Å². The number of pyridine rings is 1. The van der Waals surface area contributed by atoms with Crippen LogP contribution in [0.1, 0.15) is 45.2 Å². The number of methoxy groups -OCH3 is 2.